The maximum atomic E-state index is 13.4. The standard InChI is InChI=1S/C22H23FN4O2/c1-13-10-16(3-5-20(13)27-8-6-14(7-9-27)21(24)28)25-12-18-17-4-2-15(23)11-19(17)26-22(18)29/h2-5,10-12,14,25H,6-9H2,1H3,(H2,24,28)(H,26,29). The maximum Gasteiger partial charge on any atom is 0.257 e. The van der Waals surface area contributed by atoms with Gasteiger partial charge in [-0.3, -0.25) is 9.59 Å². The van der Waals surface area contributed by atoms with E-state index < -0.39 is 0 Å². The van der Waals surface area contributed by atoms with Crippen LogP contribution < -0.4 is 21.3 Å². The highest BCUT2D eigenvalue weighted by Crippen LogP contribution is 2.33. The summed E-state index contributed by atoms with van der Waals surface area (Å²) < 4.78 is 13.4. The number of aryl methyl sites for hydroxylation is 1. The normalized spacial score (nSPS) is 17.9. The molecular weight excluding hydrogens is 371 g/mol. The molecule has 0 radical (unpaired) electrons. The molecule has 6 nitrogen and oxygen atoms in total. The molecule has 0 unspecified atom stereocenters. The van der Waals surface area contributed by atoms with Crippen LogP contribution in [0.15, 0.2) is 42.6 Å². The highest BCUT2D eigenvalue weighted by Gasteiger charge is 2.25. The van der Waals surface area contributed by atoms with Crippen molar-refractivity contribution in [1.82, 2.24) is 0 Å². The van der Waals surface area contributed by atoms with E-state index in [9.17, 15) is 14.0 Å². The highest BCUT2D eigenvalue weighted by atomic mass is 19.1. The number of carbonyl (C=O) groups excluding carboxylic acids is 2. The van der Waals surface area contributed by atoms with Gasteiger partial charge in [0.05, 0.1) is 11.3 Å². The number of fused-ring (bicyclic) bond motifs is 1. The van der Waals surface area contributed by atoms with Gasteiger partial charge in [0, 0.05) is 42.1 Å². The number of hydrogen-bond acceptors (Lipinski definition) is 4. The fourth-order valence-corrected chi connectivity index (χ4v) is 3.97. The fourth-order valence-electron chi connectivity index (χ4n) is 3.97. The van der Waals surface area contributed by atoms with Crippen molar-refractivity contribution < 1.29 is 14.0 Å². The molecule has 2 heterocycles. The second-order valence-electron chi connectivity index (χ2n) is 7.51. The molecule has 0 bridgehead atoms. The van der Waals surface area contributed by atoms with Crippen LogP contribution in [0.3, 0.4) is 0 Å². The minimum Gasteiger partial charge on any atom is -0.371 e. The minimum absolute atomic E-state index is 0.0342. The van der Waals surface area contributed by atoms with E-state index in [1.54, 1.807) is 12.3 Å². The number of primary amides is 1. The van der Waals surface area contributed by atoms with Crippen LogP contribution in [0, 0.1) is 18.7 Å². The molecule has 0 aliphatic carbocycles. The molecule has 7 heteroatoms. The summed E-state index contributed by atoms with van der Waals surface area (Å²) in [7, 11) is 0. The number of anilines is 3. The minimum atomic E-state index is -0.385. The summed E-state index contributed by atoms with van der Waals surface area (Å²) in [6.07, 6.45) is 3.19. The number of amides is 2. The fraction of sp³-hybridized carbons (Fsp3) is 0.273. The van der Waals surface area contributed by atoms with Crippen molar-refractivity contribution in [1.29, 1.82) is 0 Å². The van der Waals surface area contributed by atoms with Gasteiger partial charge in [-0.25, -0.2) is 4.39 Å². The molecule has 2 aromatic rings. The highest BCUT2D eigenvalue weighted by molar-refractivity contribution is 6.31. The largest absolute Gasteiger partial charge is 0.371 e. The first-order valence-electron chi connectivity index (χ1n) is 9.65. The molecule has 2 amide bonds. The lowest BCUT2D eigenvalue weighted by molar-refractivity contribution is -0.122. The third-order valence-corrected chi connectivity index (χ3v) is 5.58. The molecule has 2 aliphatic heterocycles. The quantitative estimate of drug-likeness (QED) is 0.695. The van der Waals surface area contributed by atoms with E-state index in [1.165, 1.54) is 12.1 Å². The van der Waals surface area contributed by atoms with Crippen LogP contribution >= 0.6 is 0 Å². The molecule has 29 heavy (non-hydrogen) atoms. The smallest absolute Gasteiger partial charge is 0.257 e. The predicted octanol–water partition coefficient (Wildman–Crippen LogP) is 3.24. The summed E-state index contributed by atoms with van der Waals surface area (Å²) >= 11 is 0. The summed E-state index contributed by atoms with van der Waals surface area (Å²) in [6.45, 7) is 3.64. The number of benzene rings is 2. The first-order valence-corrected chi connectivity index (χ1v) is 9.65. The van der Waals surface area contributed by atoms with E-state index >= 15 is 0 Å². The Morgan fingerprint density at radius 3 is 2.69 bits per heavy atom. The number of nitrogens with two attached hydrogens (primary N) is 1. The Morgan fingerprint density at radius 2 is 2.00 bits per heavy atom. The third kappa shape index (κ3) is 3.81. The van der Waals surface area contributed by atoms with E-state index in [-0.39, 0.29) is 23.5 Å². The van der Waals surface area contributed by atoms with Crippen molar-refractivity contribution in [3.05, 3.63) is 59.5 Å². The zero-order valence-electron chi connectivity index (χ0n) is 16.2. The van der Waals surface area contributed by atoms with Crippen LogP contribution in [0.1, 0.15) is 24.0 Å². The lowest BCUT2D eigenvalue weighted by atomic mass is 9.95. The molecule has 0 aromatic heterocycles. The summed E-state index contributed by atoms with van der Waals surface area (Å²) in [4.78, 5) is 25.8. The van der Waals surface area contributed by atoms with Gasteiger partial charge in [0.15, 0.2) is 0 Å². The lowest BCUT2D eigenvalue weighted by Crippen LogP contribution is -2.38. The molecule has 0 saturated carbocycles. The maximum absolute atomic E-state index is 13.4. The van der Waals surface area contributed by atoms with E-state index in [4.69, 9.17) is 5.73 Å². The van der Waals surface area contributed by atoms with E-state index in [0.717, 1.165) is 42.9 Å². The second kappa shape index (κ2) is 7.58. The Hall–Kier alpha value is -3.35. The van der Waals surface area contributed by atoms with E-state index in [1.807, 2.05) is 25.1 Å². The van der Waals surface area contributed by atoms with Crippen molar-refractivity contribution in [2.75, 3.05) is 28.6 Å². The molecule has 4 N–H and O–H groups in total. The van der Waals surface area contributed by atoms with Gasteiger partial charge < -0.3 is 21.3 Å². The summed E-state index contributed by atoms with van der Waals surface area (Å²) in [5.41, 5.74) is 10.1. The van der Waals surface area contributed by atoms with E-state index in [0.29, 0.717) is 16.8 Å². The van der Waals surface area contributed by atoms with Gasteiger partial charge >= 0.3 is 0 Å². The van der Waals surface area contributed by atoms with E-state index in [2.05, 4.69) is 15.5 Å². The number of halogens is 1. The third-order valence-electron chi connectivity index (χ3n) is 5.58. The topological polar surface area (TPSA) is 87.5 Å². The number of carbonyl (C=O) groups is 2. The van der Waals surface area contributed by atoms with Gasteiger partial charge in [0.2, 0.25) is 5.91 Å². The molecule has 2 aliphatic rings. The van der Waals surface area contributed by atoms with Crippen molar-refractivity contribution in [2.24, 2.45) is 11.7 Å². The zero-order valence-corrected chi connectivity index (χ0v) is 16.2. The van der Waals surface area contributed by atoms with Crippen molar-refractivity contribution >= 4 is 34.4 Å². The average molecular weight is 394 g/mol. The Bertz CT molecular complexity index is 1010. The average Bonchev–Trinajstić information content (AvgIpc) is 3.00. The SMILES string of the molecule is Cc1cc(NC=C2C(=O)Nc3cc(F)ccc32)ccc1N1CCC(C(N)=O)CC1. The summed E-state index contributed by atoms with van der Waals surface area (Å²) in [5, 5.41) is 5.84. The van der Waals surface area contributed by atoms with Crippen LogP contribution in [-0.2, 0) is 9.59 Å². The van der Waals surface area contributed by atoms with Crippen molar-refractivity contribution in [3.63, 3.8) is 0 Å². The molecule has 2 aromatic carbocycles. The van der Waals surface area contributed by atoms with Gasteiger partial charge in [0.1, 0.15) is 5.82 Å². The van der Waals surface area contributed by atoms with Gasteiger partial charge in [-0.1, -0.05) is 0 Å². The Kier molecular flexibility index (Phi) is 4.96. The number of hydrogen-bond donors (Lipinski definition) is 3. The zero-order chi connectivity index (χ0) is 20.5. The first kappa shape index (κ1) is 19.0. The second-order valence-corrected chi connectivity index (χ2v) is 7.51. The van der Waals surface area contributed by atoms with Crippen LogP contribution in [0.5, 0.6) is 0 Å². The Balaban J connectivity index is 1.48. The van der Waals surface area contributed by atoms with Crippen LogP contribution in [0.2, 0.25) is 0 Å². The Morgan fingerprint density at radius 1 is 1.24 bits per heavy atom. The van der Waals surface area contributed by atoms with Gasteiger partial charge in [-0.05, 0) is 61.7 Å². The van der Waals surface area contributed by atoms with Crippen LogP contribution in [0.4, 0.5) is 21.5 Å². The number of piperidine rings is 1. The van der Waals surface area contributed by atoms with Crippen LogP contribution in [-0.4, -0.2) is 24.9 Å². The molecule has 0 atom stereocenters. The molecule has 4 rings (SSSR count). The van der Waals surface area contributed by atoms with Crippen LogP contribution in [0.25, 0.3) is 5.57 Å². The number of nitrogens with zero attached hydrogens (tertiary/aromatic N) is 1. The Labute approximate surface area is 168 Å². The molecule has 1 saturated heterocycles. The molecular formula is C22H23FN4O2. The van der Waals surface area contributed by atoms with Gasteiger partial charge in [-0.2, -0.15) is 0 Å². The summed E-state index contributed by atoms with van der Waals surface area (Å²) in [6, 6.07) is 10.3. The number of rotatable bonds is 4. The predicted molar refractivity (Wildman–Crippen MR) is 112 cm³/mol. The van der Waals surface area contributed by atoms with Crippen molar-refractivity contribution in [2.45, 2.75) is 19.8 Å². The van der Waals surface area contributed by atoms with Gasteiger partial charge in [-0.15, -0.1) is 0 Å². The molecule has 1 fully saturated rings. The lowest BCUT2D eigenvalue weighted by Gasteiger charge is -2.33. The monoisotopic (exact) mass is 394 g/mol. The molecule has 150 valence electrons. The number of nitrogens with one attached hydrogen (secondary N) is 2. The van der Waals surface area contributed by atoms with Crippen molar-refractivity contribution in [3.8, 4) is 0 Å². The van der Waals surface area contributed by atoms with Gasteiger partial charge in [0.25, 0.3) is 5.91 Å². The summed E-state index contributed by atoms with van der Waals surface area (Å²) in [5.74, 6) is -0.893. The first-order chi connectivity index (χ1) is 13.9. The molecule has 0 spiro atoms.